The lowest BCUT2D eigenvalue weighted by Gasteiger charge is -2.15. The summed E-state index contributed by atoms with van der Waals surface area (Å²) in [6.07, 6.45) is 3.89. The molecule has 0 aromatic carbocycles. The van der Waals surface area contributed by atoms with Crippen molar-refractivity contribution in [1.82, 2.24) is 24.9 Å². The molecule has 0 fully saturated rings. The summed E-state index contributed by atoms with van der Waals surface area (Å²) in [7, 11) is 3.99. The number of likely N-dealkylation sites (N-methyl/N-ethyl adjacent to an activating group) is 1. The first-order chi connectivity index (χ1) is 9.55. The predicted molar refractivity (Wildman–Crippen MR) is 80.7 cm³/mol. The quantitative estimate of drug-likeness (QED) is 0.879. The highest BCUT2D eigenvalue weighted by Crippen LogP contribution is 2.19. The highest BCUT2D eigenvalue weighted by atomic mass is 15.3. The summed E-state index contributed by atoms with van der Waals surface area (Å²) < 4.78 is 3.97. The number of nitrogens with zero attached hydrogens (tertiary/aromatic N) is 4. The Morgan fingerprint density at radius 1 is 1.25 bits per heavy atom. The van der Waals surface area contributed by atoms with Crippen molar-refractivity contribution < 1.29 is 0 Å². The molecule has 0 aliphatic carbocycles. The maximum atomic E-state index is 4.63. The third-order valence-electron chi connectivity index (χ3n) is 3.64. The molecule has 2 heterocycles. The zero-order chi connectivity index (χ0) is 14.7. The molecular weight excluding hydrogens is 250 g/mol. The maximum absolute atomic E-state index is 4.63. The van der Waals surface area contributed by atoms with E-state index in [1.54, 1.807) is 0 Å². The molecule has 0 radical (unpaired) electrons. The molecule has 1 unspecified atom stereocenters. The molecule has 1 atom stereocenters. The zero-order valence-corrected chi connectivity index (χ0v) is 13.1. The molecule has 2 aromatic rings. The summed E-state index contributed by atoms with van der Waals surface area (Å²) in [5, 5.41) is 12.5. The Balaban J connectivity index is 2.17. The van der Waals surface area contributed by atoms with Crippen molar-refractivity contribution in [3.05, 3.63) is 35.4 Å². The first-order valence-electron chi connectivity index (χ1n) is 7.29. The van der Waals surface area contributed by atoms with Gasteiger partial charge in [0.05, 0.1) is 23.1 Å². The number of hydrogen-bond donors (Lipinski definition) is 1. The SMILES string of the molecule is CCc1cc(C(Cc2ccn(C(C)C)n2)NC)n(C)n1. The summed E-state index contributed by atoms with van der Waals surface area (Å²) >= 11 is 0. The summed E-state index contributed by atoms with van der Waals surface area (Å²) in [6, 6.07) is 4.92. The Labute approximate surface area is 121 Å². The zero-order valence-electron chi connectivity index (χ0n) is 13.1. The van der Waals surface area contributed by atoms with Crippen molar-refractivity contribution in [2.75, 3.05) is 7.05 Å². The molecular formula is C15H25N5. The second kappa shape index (κ2) is 6.22. The first kappa shape index (κ1) is 14.8. The van der Waals surface area contributed by atoms with Crippen LogP contribution in [0.25, 0.3) is 0 Å². The van der Waals surface area contributed by atoms with Gasteiger partial charge in [0.1, 0.15) is 0 Å². The van der Waals surface area contributed by atoms with E-state index in [4.69, 9.17) is 0 Å². The minimum absolute atomic E-state index is 0.239. The van der Waals surface area contributed by atoms with Gasteiger partial charge in [-0.15, -0.1) is 0 Å². The summed E-state index contributed by atoms with van der Waals surface area (Å²) in [5.41, 5.74) is 3.45. The number of aromatic nitrogens is 4. The second-order valence-corrected chi connectivity index (χ2v) is 5.46. The van der Waals surface area contributed by atoms with Crippen LogP contribution in [0.2, 0.25) is 0 Å². The molecule has 2 rings (SSSR count). The summed E-state index contributed by atoms with van der Waals surface area (Å²) in [5.74, 6) is 0. The monoisotopic (exact) mass is 275 g/mol. The van der Waals surface area contributed by atoms with E-state index in [1.807, 2.05) is 29.7 Å². The van der Waals surface area contributed by atoms with Crippen LogP contribution in [0.3, 0.4) is 0 Å². The molecule has 0 amide bonds. The van der Waals surface area contributed by atoms with Crippen molar-refractivity contribution in [2.24, 2.45) is 7.05 Å². The van der Waals surface area contributed by atoms with Crippen molar-refractivity contribution in [3.63, 3.8) is 0 Å². The minimum atomic E-state index is 0.239. The highest BCUT2D eigenvalue weighted by molar-refractivity contribution is 5.17. The van der Waals surface area contributed by atoms with Gasteiger partial charge in [-0.05, 0) is 39.4 Å². The largest absolute Gasteiger partial charge is 0.311 e. The lowest BCUT2D eigenvalue weighted by Crippen LogP contribution is -2.22. The molecule has 0 aliphatic heterocycles. The van der Waals surface area contributed by atoms with Gasteiger partial charge in [-0.3, -0.25) is 9.36 Å². The number of hydrogen-bond acceptors (Lipinski definition) is 3. The lowest BCUT2D eigenvalue weighted by atomic mass is 10.1. The number of aryl methyl sites for hydroxylation is 2. The third kappa shape index (κ3) is 3.10. The van der Waals surface area contributed by atoms with Crippen LogP contribution in [0.15, 0.2) is 18.3 Å². The molecule has 1 N–H and O–H groups in total. The fourth-order valence-corrected chi connectivity index (χ4v) is 2.38. The van der Waals surface area contributed by atoms with Gasteiger partial charge in [-0.1, -0.05) is 6.92 Å². The Morgan fingerprint density at radius 3 is 2.50 bits per heavy atom. The molecule has 5 nitrogen and oxygen atoms in total. The van der Waals surface area contributed by atoms with E-state index in [0.717, 1.165) is 24.2 Å². The van der Waals surface area contributed by atoms with Gasteiger partial charge >= 0.3 is 0 Å². The van der Waals surface area contributed by atoms with Crippen LogP contribution >= 0.6 is 0 Å². The van der Waals surface area contributed by atoms with E-state index < -0.39 is 0 Å². The van der Waals surface area contributed by atoms with E-state index in [2.05, 4.69) is 48.4 Å². The van der Waals surface area contributed by atoms with E-state index in [9.17, 15) is 0 Å². The minimum Gasteiger partial charge on any atom is -0.311 e. The third-order valence-corrected chi connectivity index (χ3v) is 3.64. The van der Waals surface area contributed by atoms with E-state index in [1.165, 1.54) is 5.69 Å². The Bertz CT molecular complexity index is 552. The van der Waals surface area contributed by atoms with Crippen LogP contribution < -0.4 is 5.32 Å². The van der Waals surface area contributed by atoms with Gasteiger partial charge in [0.2, 0.25) is 0 Å². The average molecular weight is 275 g/mol. The molecule has 5 heteroatoms. The molecule has 0 bridgehead atoms. The Kier molecular flexibility index (Phi) is 4.60. The molecule has 0 spiro atoms. The van der Waals surface area contributed by atoms with Crippen LogP contribution in [-0.4, -0.2) is 26.6 Å². The summed E-state index contributed by atoms with van der Waals surface area (Å²) in [6.45, 7) is 6.41. The average Bonchev–Trinajstić information content (AvgIpc) is 3.02. The molecule has 0 saturated heterocycles. The number of nitrogens with one attached hydrogen (secondary N) is 1. The van der Waals surface area contributed by atoms with Crippen molar-refractivity contribution in [2.45, 2.75) is 45.7 Å². The molecule has 0 saturated carbocycles. The van der Waals surface area contributed by atoms with Gasteiger partial charge in [-0.25, -0.2) is 0 Å². The van der Waals surface area contributed by atoms with Gasteiger partial charge in [0.25, 0.3) is 0 Å². The van der Waals surface area contributed by atoms with Crippen LogP contribution in [0.4, 0.5) is 0 Å². The van der Waals surface area contributed by atoms with Crippen LogP contribution in [-0.2, 0) is 19.9 Å². The maximum Gasteiger partial charge on any atom is 0.0644 e. The normalized spacial score (nSPS) is 13.1. The summed E-state index contributed by atoms with van der Waals surface area (Å²) in [4.78, 5) is 0. The van der Waals surface area contributed by atoms with E-state index in [-0.39, 0.29) is 6.04 Å². The van der Waals surface area contributed by atoms with E-state index >= 15 is 0 Å². The predicted octanol–water partition coefficient (Wildman–Crippen LogP) is 2.26. The Morgan fingerprint density at radius 2 is 2.00 bits per heavy atom. The first-order valence-corrected chi connectivity index (χ1v) is 7.29. The number of rotatable bonds is 6. The van der Waals surface area contributed by atoms with Crippen molar-refractivity contribution >= 4 is 0 Å². The van der Waals surface area contributed by atoms with E-state index in [0.29, 0.717) is 6.04 Å². The molecule has 2 aromatic heterocycles. The standard InChI is InChI=1S/C15H25N5/c1-6-12-10-15(19(5)17-12)14(16-4)9-13-7-8-20(18-13)11(2)3/h7-8,10-11,14,16H,6,9H2,1-5H3. The highest BCUT2D eigenvalue weighted by Gasteiger charge is 2.17. The lowest BCUT2D eigenvalue weighted by molar-refractivity contribution is 0.503. The van der Waals surface area contributed by atoms with Crippen LogP contribution in [0.1, 0.15) is 49.9 Å². The van der Waals surface area contributed by atoms with Gasteiger partial charge in [0.15, 0.2) is 0 Å². The Hall–Kier alpha value is -1.62. The van der Waals surface area contributed by atoms with Crippen molar-refractivity contribution in [3.8, 4) is 0 Å². The van der Waals surface area contributed by atoms with Gasteiger partial charge in [-0.2, -0.15) is 10.2 Å². The van der Waals surface area contributed by atoms with Gasteiger partial charge < -0.3 is 5.32 Å². The van der Waals surface area contributed by atoms with Crippen LogP contribution in [0, 0.1) is 0 Å². The fraction of sp³-hybridized carbons (Fsp3) is 0.600. The fourth-order valence-electron chi connectivity index (χ4n) is 2.38. The molecule has 20 heavy (non-hydrogen) atoms. The molecule has 110 valence electrons. The smallest absolute Gasteiger partial charge is 0.0644 e. The van der Waals surface area contributed by atoms with Crippen molar-refractivity contribution in [1.29, 1.82) is 0 Å². The second-order valence-electron chi connectivity index (χ2n) is 5.46. The molecule has 0 aliphatic rings. The van der Waals surface area contributed by atoms with Gasteiger partial charge in [0, 0.05) is 25.7 Å². The topological polar surface area (TPSA) is 47.7 Å². The van der Waals surface area contributed by atoms with Crippen LogP contribution in [0.5, 0.6) is 0 Å².